The summed E-state index contributed by atoms with van der Waals surface area (Å²) in [4.78, 5) is 10.4. The quantitative estimate of drug-likeness (QED) is 0.711. The van der Waals surface area contributed by atoms with Crippen LogP contribution in [0, 0.1) is 0 Å². The number of ether oxygens (including phenoxy) is 3. The highest BCUT2D eigenvalue weighted by atomic mass is 19.1. The molecular formula is C7H7FO6. The Morgan fingerprint density at radius 3 is 3.07 bits per heavy atom. The van der Waals surface area contributed by atoms with Gasteiger partial charge in [-0.25, -0.2) is 9.18 Å². The van der Waals surface area contributed by atoms with Crippen LogP contribution in [0.2, 0.25) is 0 Å². The lowest BCUT2D eigenvalue weighted by molar-refractivity contribution is -0.253. The maximum absolute atomic E-state index is 12.4. The first-order valence-electron chi connectivity index (χ1n) is 3.84. The molecule has 0 aliphatic carbocycles. The van der Waals surface area contributed by atoms with Crippen LogP contribution in [0.1, 0.15) is 5.76 Å². The van der Waals surface area contributed by atoms with Gasteiger partial charge < -0.3 is 18.3 Å². The summed E-state index contributed by atoms with van der Waals surface area (Å²) in [5, 5.41) is 0. The highest BCUT2D eigenvalue weighted by Crippen LogP contribution is 2.14. The lowest BCUT2D eigenvalue weighted by atomic mass is 10.6. The Labute approximate surface area is 77.2 Å². The third kappa shape index (κ3) is 2.19. The standard InChI is InChI=1S/C7H7FO6/c8-5-3-12-7(14-5)11-2-4-1-10-6(9)13-4/h1,5,7H,2-3H2. The second-order valence-corrected chi connectivity index (χ2v) is 2.53. The molecule has 0 spiro atoms. The van der Waals surface area contributed by atoms with E-state index >= 15 is 0 Å². The van der Waals surface area contributed by atoms with E-state index in [2.05, 4.69) is 13.6 Å². The van der Waals surface area contributed by atoms with Gasteiger partial charge in [0.25, 0.3) is 6.48 Å². The van der Waals surface area contributed by atoms with Crippen molar-refractivity contribution in [2.75, 3.05) is 6.61 Å². The third-order valence-electron chi connectivity index (χ3n) is 1.48. The Kier molecular flexibility index (Phi) is 2.62. The number of hydrogen-bond donors (Lipinski definition) is 0. The van der Waals surface area contributed by atoms with Gasteiger partial charge in [-0.2, -0.15) is 0 Å². The fourth-order valence-corrected chi connectivity index (χ4v) is 0.923. The second kappa shape index (κ2) is 3.91. The molecular weight excluding hydrogens is 199 g/mol. The molecule has 0 bridgehead atoms. The first kappa shape index (κ1) is 9.38. The van der Waals surface area contributed by atoms with Gasteiger partial charge in [0.2, 0.25) is 6.36 Å². The first-order chi connectivity index (χ1) is 6.74. The molecule has 78 valence electrons. The molecule has 2 unspecified atom stereocenters. The smallest absolute Gasteiger partial charge is 0.399 e. The van der Waals surface area contributed by atoms with E-state index < -0.39 is 18.7 Å². The van der Waals surface area contributed by atoms with Crippen LogP contribution in [0.4, 0.5) is 4.39 Å². The van der Waals surface area contributed by atoms with Crippen molar-refractivity contribution in [1.82, 2.24) is 0 Å². The fraction of sp³-hybridized carbons (Fsp3) is 0.571. The normalized spacial score (nSPS) is 26.9. The molecule has 0 saturated carbocycles. The highest BCUT2D eigenvalue weighted by Gasteiger charge is 2.26. The summed E-state index contributed by atoms with van der Waals surface area (Å²) in [7, 11) is 0. The van der Waals surface area contributed by atoms with Crippen LogP contribution in [0.3, 0.4) is 0 Å². The van der Waals surface area contributed by atoms with Gasteiger partial charge in [-0.3, -0.25) is 4.74 Å². The van der Waals surface area contributed by atoms with E-state index in [9.17, 15) is 9.18 Å². The summed E-state index contributed by atoms with van der Waals surface area (Å²) < 4.78 is 35.4. The van der Waals surface area contributed by atoms with Gasteiger partial charge in [0.15, 0.2) is 5.76 Å². The Morgan fingerprint density at radius 2 is 2.50 bits per heavy atom. The zero-order valence-corrected chi connectivity index (χ0v) is 6.97. The molecule has 2 atom stereocenters. The fourth-order valence-electron chi connectivity index (χ4n) is 0.923. The van der Waals surface area contributed by atoms with E-state index in [0.29, 0.717) is 0 Å². The van der Waals surface area contributed by atoms with Gasteiger partial charge in [0.1, 0.15) is 19.5 Å². The van der Waals surface area contributed by atoms with Crippen molar-refractivity contribution < 1.29 is 27.4 Å². The van der Waals surface area contributed by atoms with E-state index in [1.165, 1.54) is 0 Å². The zero-order chi connectivity index (χ0) is 9.97. The molecule has 2 rings (SSSR count). The predicted octanol–water partition coefficient (Wildman–Crippen LogP) is 0.375. The second-order valence-electron chi connectivity index (χ2n) is 2.53. The molecule has 1 saturated heterocycles. The third-order valence-corrected chi connectivity index (χ3v) is 1.48. The van der Waals surface area contributed by atoms with E-state index in [0.717, 1.165) is 6.26 Å². The maximum atomic E-state index is 12.4. The van der Waals surface area contributed by atoms with Crippen molar-refractivity contribution in [3.05, 3.63) is 22.6 Å². The zero-order valence-electron chi connectivity index (χ0n) is 6.97. The van der Waals surface area contributed by atoms with Crippen molar-refractivity contribution in [2.45, 2.75) is 19.4 Å². The molecule has 1 fully saturated rings. The van der Waals surface area contributed by atoms with E-state index in [4.69, 9.17) is 9.47 Å². The number of alkyl halides is 1. The number of hydrogen-bond acceptors (Lipinski definition) is 6. The van der Waals surface area contributed by atoms with Crippen molar-refractivity contribution in [2.24, 2.45) is 0 Å². The van der Waals surface area contributed by atoms with E-state index in [1.54, 1.807) is 0 Å². The molecule has 0 aromatic carbocycles. The van der Waals surface area contributed by atoms with Gasteiger partial charge in [0, 0.05) is 0 Å². The summed E-state index contributed by atoms with van der Waals surface area (Å²) >= 11 is 0. The SMILES string of the molecule is O=c1occ(COC2OCC(F)O2)o1. The van der Waals surface area contributed by atoms with Gasteiger partial charge >= 0.3 is 5.82 Å². The summed E-state index contributed by atoms with van der Waals surface area (Å²) in [6.07, 6.45) is -0.374. The number of rotatable bonds is 3. The molecule has 1 aliphatic rings. The molecule has 1 aromatic heterocycles. The molecule has 1 aliphatic heterocycles. The van der Waals surface area contributed by atoms with Crippen LogP contribution in [0.15, 0.2) is 19.9 Å². The van der Waals surface area contributed by atoms with Crippen molar-refractivity contribution >= 4 is 0 Å². The first-order valence-corrected chi connectivity index (χ1v) is 3.84. The van der Waals surface area contributed by atoms with Crippen LogP contribution >= 0.6 is 0 Å². The topological polar surface area (TPSA) is 71.0 Å². The predicted molar refractivity (Wildman–Crippen MR) is 37.8 cm³/mol. The average molecular weight is 206 g/mol. The maximum Gasteiger partial charge on any atom is 0.518 e. The molecule has 7 heteroatoms. The van der Waals surface area contributed by atoms with Crippen molar-refractivity contribution in [1.29, 1.82) is 0 Å². The Balaban J connectivity index is 1.80. The van der Waals surface area contributed by atoms with Gasteiger partial charge in [-0.1, -0.05) is 0 Å². The Hall–Kier alpha value is -1.18. The molecule has 0 amide bonds. The summed E-state index contributed by atoms with van der Waals surface area (Å²) in [6.45, 7) is -1.31. The highest BCUT2D eigenvalue weighted by molar-refractivity contribution is 4.81. The lowest BCUT2D eigenvalue weighted by Gasteiger charge is -2.07. The van der Waals surface area contributed by atoms with Crippen LogP contribution in [0.5, 0.6) is 0 Å². The van der Waals surface area contributed by atoms with Crippen LogP contribution in [-0.2, 0) is 20.8 Å². The van der Waals surface area contributed by atoms with Gasteiger partial charge in [-0.15, -0.1) is 0 Å². The van der Waals surface area contributed by atoms with Gasteiger partial charge in [-0.05, 0) is 0 Å². The largest absolute Gasteiger partial charge is 0.518 e. The molecule has 2 heterocycles. The van der Waals surface area contributed by atoms with Gasteiger partial charge in [0.05, 0.1) is 0 Å². The molecule has 1 aromatic rings. The molecule has 6 nitrogen and oxygen atoms in total. The minimum Gasteiger partial charge on any atom is -0.399 e. The minimum absolute atomic E-state index is 0.0802. The Bertz CT molecular complexity index is 344. The molecule has 0 radical (unpaired) electrons. The lowest BCUT2D eigenvalue weighted by Crippen LogP contribution is -2.13. The summed E-state index contributed by atoms with van der Waals surface area (Å²) in [6, 6.07) is 0. The monoisotopic (exact) mass is 206 g/mol. The summed E-state index contributed by atoms with van der Waals surface area (Å²) in [5.41, 5.74) is 0. The molecule has 14 heavy (non-hydrogen) atoms. The minimum atomic E-state index is -1.48. The van der Waals surface area contributed by atoms with Crippen LogP contribution < -0.4 is 5.82 Å². The van der Waals surface area contributed by atoms with E-state index in [-0.39, 0.29) is 19.0 Å². The van der Waals surface area contributed by atoms with Crippen molar-refractivity contribution in [3.63, 3.8) is 0 Å². The van der Waals surface area contributed by atoms with Crippen LogP contribution in [-0.4, -0.2) is 19.4 Å². The number of halogens is 1. The van der Waals surface area contributed by atoms with Crippen molar-refractivity contribution in [3.8, 4) is 0 Å². The van der Waals surface area contributed by atoms with Crippen LogP contribution in [0.25, 0.3) is 0 Å². The van der Waals surface area contributed by atoms with E-state index in [1.807, 2.05) is 0 Å². The molecule has 0 N–H and O–H groups in total. The Morgan fingerprint density at radius 1 is 1.64 bits per heavy atom. The average Bonchev–Trinajstić information content (AvgIpc) is 2.72. The summed E-state index contributed by atoms with van der Waals surface area (Å²) in [5.74, 6) is -0.635.